The normalized spacial score (nSPS) is 27.2. The van der Waals surface area contributed by atoms with Crippen LogP contribution < -0.4 is 0 Å². The summed E-state index contributed by atoms with van der Waals surface area (Å²) in [5.41, 5.74) is -1.19. The van der Waals surface area contributed by atoms with Crippen LogP contribution >= 0.6 is 0 Å². The van der Waals surface area contributed by atoms with E-state index in [1.54, 1.807) is 6.08 Å². The van der Waals surface area contributed by atoms with Crippen molar-refractivity contribution in [2.75, 3.05) is 0 Å². The highest BCUT2D eigenvalue weighted by Crippen LogP contribution is 2.39. The summed E-state index contributed by atoms with van der Waals surface area (Å²) in [6.45, 7) is 7.77. The summed E-state index contributed by atoms with van der Waals surface area (Å²) in [6, 6.07) is 0. The van der Waals surface area contributed by atoms with Crippen LogP contribution in [0.25, 0.3) is 0 Å². The maximum absolute atomic E-state index is 14.1. The smallest absolute Gasteiger partial charge is 0.398 e. The van der Waals surface area contributed by atoms with Gasteiger partial charge in [-0.25, -0.2) is 4.39 Å². The van der Waals surface area contributed by atoms with Gasteiger partial charge in [0.25, 0.3) is 0 Å². The number of rotatable bonds is 4. The monoisotopic (exact) mass is 268 g/mol. The third kappa shape index (κ3) is 3.40. The van der Waals surface area contributed by atoms with Crippen LogP contribution in [0.4, 0.5) is 4.39 Å². The van der Waals surface area contributed by atoms with E-state index in [-0.39, 0.29) is 5.73 Å². The molecule has 1 aliphatic carbocycles. The van der Waals surface area contributed by atoms with Gasteiger partial charge in [0, 0.05) is 0 Å². The van der Waals surface area contributed by atoms with Crippen LogP contribution in [0, 0.1) is 5.92 Å². The fraction of sp³-hybridized carbons (Fsp3) is 0.867. The summed E-state index contributed by atoms with van der Waals surface area (Å²) in [6.07, 6.45) is 8.84. The molecule has 1 heterocycles. The quantitative estimate of drug-likeness (QED) is 0.702. The molecule has 4 heteroatoms. The Morgan fingerprint density at radius 1 is 1.16 bits per heavy atom. The lowest BCUT2D eigenvalue weighted by molar-refractivity contribution is 0.00578. The molecule has 108 valence electrons. The minimum Gasteiger partial charge on any atom is -0.398 e. The molecule has 0 radical (unpaired) electrons. The molecule has 0 bridgehead atoms. The molecule has 2 aliphatic rings. The first-order chi connectivity index (χ1) is 8.82. The van der Waals surface area contributed by atoms with E-state index in [2.05, 4.69) is 0 Å². The van der Waals surface area contributed by atoms with E-state index in [0.29, 0.717) is 0 Å². The fourth-order valence-electron chi connectivity index (χ4n) is 2.81. The molecule has 0 aromatic heterocycles. The number of allylic oxidation sites excluding steroid dienone is 1. The predicted octanol–water partition coefficient (Wildman–Crippen LogP) is 4.44. The third-order valence-electron chi connectivity index (χ3n) is 4.87. The molecule has 0 atom stereocenters. The fourth-order valence-corrected chi connectivity index (χ4v) is 2.81. The highest BCUT2D eigenvalue weighted by molar-refractivity contribution is 6.53. The molecule has 0 spiro atoms. The van der Waals surface area contributed by atoms with Crippen molar-refractivity contribution in [1.29, 1.82) is 0 Å². The molecule has 1 aliphatic heterocycles. The summed E-state index contributed by atoms with van der Waals surface area (Å²) < 4.78 is 25.4. The minimum absolute atomic E-state index is 0.267. The van der Waals surface area contributed by atoms with E-state index in [1.807, 2.05) is 27.7 Å². The Morgan fingerprint density at radius 2 is 1.68 bits per heavy atom. The molecule has 1 saturated carbocycles. The molecule has 1 saturated heterocycles. The van der Waals surface area contributed by atoms with Gasteiger partial charge in [0.2, 0.25) is 0 Å². The van der Waals surface area contributed by atoms with Gasteiger partial charge in [0.1, 0.15) is 5.73 Å². The van der Waals surface area contributed by atoms with Crippen LogP contribution in [0.3, 0.4) is 0 Å². The van der Waals surface area contributed by atoms with E-state index in [0.717, 1.165) is 18.8 Å². The Labute approximate surface area is 116 Å². The van der Waals surface area contributed by atoms with Crippen LogP contribution in [-0.4, -0.2) is 18.3 Å². The maximum Gasteiger partial charge on any atom is 0.524 e. The van der Waals surface area contributed by atoms with Crippen molar-refractivity contribution in [2.45, 2.75) is 77.4 Å². The van der Waals surface area contributed by atoms with Crippen LogP contribution in [0.5, 0.6) is 0 Å². The van der Waals surface area contributed by atoms with Gasteiger partial charge in [0.05, 0.1) is 11.2 Å². The molecule has 0 amide bonds. The zero-order valence-corrected chi connectivity index (χ0v) is 12.7. The van der Waals surface area contributed by atoms with Crippen molar-refractivity contribution >= 4 is 7.12 Å². The molecule has 0 unspecified atom stereocenters. The van der Waals surface area contributed by atoms with Crippen molar-refractivity contribution in [3.63, 3.8) is 0 Å². The van der Waals surface area contributed by atoms with Crippen LogP contribution in [0.1, 0.15) is 66.2 Å². The Bertz CT molecular complexity index is 330. The number of hydrogen-bond acceptors (Lipinski definition) is 2. The maximum atomic E-state index is 14.1. The molecule has 2 nitrogen and oxygen atoms in total. The minimum atomic E-state index is -0.825. The molecular formula is C15H26BFO2. The first kappa shape index (κ1) is 15.1. The predicted molar refractivity (Wildman–Crippen MR) is 76.5 cm³/mol. The molecule has 2 fully saturated rings. The van der Waals surface area contributed by atoms with E-state index in [1.165, 1.54) is 25.7 Å². The van der Waals surface area contributed by atoms with E-state index in [4.69, 9.17) is 9.31 Å². The zero-order valence-electron chi connectivity index (χ0n) is 12.7. The van der Waals surface area contributed by atoms with E-state index in [9.17, 15) is 4.39 Å². The molecule has 2 rings (SSSR count). The average molecular weight is 268 g/mol. The Hall–Kier alpha value is -0.345. The largest absolute Gasteiger partial charge is 0.524 e. The standard InChI is InChI=1S/C15H26BFO2/c1-14(2)15(3,4)19-16(18-14)13(17)11-7-10-12-8-5-6-9-12/h11-12H,5-10H2,1-4H3. The molecule has 0 aromatic rings. The van der Waals surface area contributed by atoms with Gasteiger partial charge >= 0.3 is 7.12 Å². The lowest BCUT2D eigenvalue weighted by Crippen LogP contribution is -2.41. The summed E-state index contributed by atoms with van der Waals surface area (Å²) in [5.74, 6) is 0.794. The molecule has 0 aromatic carbocycles. The van der Waals surface area contributed by atoms with Crippen molar-refractivity contribution in [3.05, 3.63) is 11.8 Å². The summed E-state index contributed by atoms with van der Waals surface area (Å²) in [5, 5.41) is 0. The van der Waals surface area contributed by atoms with Crippen molar-refractivity contribution in [1.82, 2.24) is 0 Å². The Kier molecular flexibility index (Phi) is 4.41. The van der Waals surface area contributed by atoms with Crippen LogP contribution in [0.2, 0.25) is 0 Å². The van der Waals surface area contributed by atoms with Crippen molar-refractivity contribution in [3.8, 4) is 0 Å². The van der Waals surface area contributed by atoms with Crippen molar-refractivity contribution in [2.24, 2.45) is 5.92 Å². The second-order valence-corrected chi connectivity index (χ2v) is 6.91. The second kappa shape index (κ2) is 5.57. The SMILES string of the molecule is CC1(C)OB(C(F)=CCCC2CCCC2)OC1(C)C. The molecule has 0 N–H and O–H groups in total. The van der Waals surface area contributed by atoms with Gasteiger partial charge in [-0.3, -0.25) is 0 Å². The molecular weight excluding hydrogens is 242 g/mol. The topological polar surface area (TPSA) is 18.5 Å². The summed E-state index contributed by atoms with van der Waals surface area (Å²) in [7, 11) is -0.825. The number of hydrogen-bond donors (Lipinski definition) is 0. The van der Waals surface area contributed by atoms with Crippen molar-refractivity contribution < 1.29 is 13.7 Å². The van der Waals surface area contributed by atoms with Gasteiger partial charge in [-0.15, -0.1) is 0 Å². The van der Waals surface area contributed by atoms with Crippen LogP contribution in [-0.2, 0) is 9.31 Å². The summed E-state index contributed by atoms with van der Waals surface area (Å²) >= 11 is 0. The van der Waals surface area contributed by atoms with Gasteiger partial charge in [0.15, 0.2) is 0 Å². The third-order valence-corrected chi connectivity index (χ3v) is 4.87. The van der Waals surface area contributed by atoms with Gasteiger partial charge in [-0.2, -0.15) is 0 Å². The lowest BCUT2D eigenvalue weighted by atomic mass is 9.86. The highest BCUT2D eigenvalue weighted by atomic mass is 19.1. The second-order valence-electron chi connectivity index (χ2n) is 6.91. The highest BCUT2D eigenvalue weighted by Gasteiger charge is 2.52. The number of halogens is 1. The zero-order chi connectivity index (χ0) is 14.1. The first-order valence-corrected chi connectivity index (χ1v) is 7.53. The van der Waals surface area contributed by atoms with Crippen LogP contribution in [0.15, 0.2) is 11.8 Å². The van der Waals surface area contributed by atoms with E-state index < -0.39 is 18.3 Å². The Morgan fingerprint density at radius 3 is 2.21 bits per heavy atom. The Balaban J connectivity index is 1.84. The first-order valence-electron chi connectivity index (χ1n) is 7.53. The van der Waals surface area contributed by atoms with Gasteiger partial charge in [-0.05, 0) is 46.5 Å². The average Bonchev–Trinajstić information content (AvgIpc) is 2.86. The lowest BCUT2D eigenvalue weighted by Gasteiger charge is -2.32. The summed E-state index contributed by atoms with van der Waals surface area (Å²) in [4.78, 5) is 0. The van der Waals surface area contributed by atoms with Gasteiger partial charge in [-0.1, -0.05) is 31.8 Å². The molecule has 19 heavy (non-hydrogen) atoms. The van der Waals surface area contributed by atoms with E-state index >= 15 is 0 Å². The van der Waals surface area contributed by atoms with Gasteiger partial charge < -0.3 is 9.31 Å².